The van der Waals surface area contributed by atoms with Gasteiger partial charge in [-0.1, -0.05) is 115 Å². The molecular weight excluding hydrogens is 610 g/mol. The third kappa shape index (κ3) is 6.36. The van der Waals surface area contributed by atoms with Crippen molar-refractivity contribution in [1.29, 1.82) is 0 Å². The van der Waals surface area contributed by atoms with Gasteiger partial charge in [-0.25, -0.2) is 8.42 Å². The van der Waals surface area contributed by atoms with Crippen molar-refractivity contribution in [2.45, 2.75) is 36.5 Å². The smallest absolute Gasteiger partial charge is 0.322 e. The van der Waals surface area contributed by atoms with Crippen LogP contribution in [0.15, 0.2) is 143 Å². The van der Waals surface area contributed by atoms with E-state index in [-0.39, 0.29) is 24.5 Å². The normalized spacial score (nSPS) is 16.9. The van der Waals surface area contributed by atoms with Crippen molar-refractivity contribution < 1.29 is 27.5 Å². The van der Waals surface area contributed by atoms with Crippen LogP contribution in [0.2, 0.25) is 0 Å². The van der Waals surface area contributed by atoms with Gasteiger partial charge in [-0.05, 0) is 46.0 Å². The van der Waals surface area contributed by atoms with Gasteiger partial charge >= 0.3 is 5.97 Å². The van der Waals surface area contributed by atoms with Gasteiger partial charge < -0.3 is 14.3 Å². The van der Waals surface area contributed by atoms with Crippen molar-refractivity contribution in [1.82, 2.24) is 4.31 Å². The minimum Gasteiger partial charge on any atom is -0.480 e. The fraction of sp³-hybridized carbons (Fsp3) is 0.154. The summed E-state index contributed by atoms with van der Waals surface area (Å²) in [7, 11) is -4.07. The summed E-state index contributed by atoms with van der Waals surface area (Å²) in [5.74, 6) is -0.289. The number of ether oxygens (including phenoxy) is 1. The second kappa shape index (κ2) is 13.0. The first-order chi connectivity index (χ1) is 22.9. The van der Waals surface area contributed by atoms with E-state index in [1.807, 2.05) is 78.9 Å². The minimum absolute atomic E-state index is 0.0235. The quantitative estimate of drug-likeness (QED) is 0.164. The fourth-order valence-corrected chi connectivity index (χ4v) is 7.89. The van der Waals surface area contributed by atoms with Crippen LogP contribution in [0.25, 0.3) is 33.2 Å². The molecule has 0 aliphatic carbocycles. The van der Waals surface area contributed by atoms with Gasteiger partial charge in [0.2, 0.25) is 10.0 Å². The molecule has 7 rings (SSSR count). The van der Waals surface area contributed by atoms with Crippen molar-refractivity contribution in [3.8, 4) is 22.3 Å². The monoisotopic (exact) mass is 643 g/mol. The van der Waals surface area contributed by atoms with Crippen molar-refractivity contribution in [3.63, 3.8) is 0 Å². The maximum atomic E-state index is 13.7. The molecule has 1 N–H and O–H groups in total. The molecule has 1 saturated heterocycles. The van der Waals surface area contributed by atoms with Crippen LogP contribution in [0.5, 0.6) is 0 Å². The summed E-state index contributed by atoms with van der Waals surface area (Å²) < 4.78 is 40.6. The molecule has 47 heavy (non-hydrogen) atoms. The summed E-state index contributed by atoms with van der Waals surface area (Å²) in [6, 6.07) is 41.3. The van der Waals surface area contributed by atoms with E-state index >= 15 is 0 Å². The molecule has 8 heteroatoms. The molecule has 1 aliphatic heterocycles. The number of furan rings is 1. The molecule has 2 atom stereocenters. The Morgan fingerprint density at radius 2 is 1.32 bits per heavy atom. The molecule has 236 valence electrons. The van der Waals surface area contributed by atoms with Crippen LogP contribution in [0, 0.1) is 0 Å². The van der Waals surface area contributed by atoms with Gasteiger partial charge in [-0.2, -0.15) is 4.31 Å². The molecular formula is C39H33NO6S. The lowest BCUT2D eigenvalue weighted by Gasteiger charge is -2.21. The van der Waals surface area contributed by atoms with Crippen molar-refractivity contribution >= 4 is 27.0 Å². The van der Waals surface area contributed by atoms with E-state index in [4.69, 9.17) is 9.15 Å². The average Bonchev–Trinajstić information content (AvgIpc) is 3.71. The first kappa shape index (κ1) is 30.6. The zero-order valence-electron chi connectivity index (χ0n) is 25.5. The van der Waals surface area contributed by atoms with Gasteiger partial charge in [-0.15, -0.1) is 0 Å². The predicted molar refractivity (Wildman–Crippen MR) is 181 cm³/mol. The van der Waals surface area contributed by atoms with Crippen LogP contribution in [-0.4, -0.2) is 42.5 Å². The van der Waals surface area contributed by atoms with E-state index < -0.39 is 28.1 Å². The third-order valence-corrected chi connectivity index (χ3v) is 10.6. The van der Waals surface area contributed by atoms with E-state index in [2.05, 4.69) is 30.3 Å². The molecule has 0 bridgehead atoms. The Morgan fingerprint density at radius 1 is 0.745 bits per heavy atom. The number of nitrogens with zero attached hydrogens (tertiary/aromatic N) is 1. The number of hydrogen-bond acceptors (Lipinski definition) is 5. The zero-order valence-corrected chi connectivity index (χ0v) is 26.3. The highest BCUT2D eigenvalue weighted by molar-refractivity contribution is 7.89. The van der Waals surface area contributed by atoms with Gasteiger partial charge in [0.05, 0.1) is 17.6 Å². The molecule has 2 heterocycles. The van der Waals surface area contributed by atoms with E-state index in [1.54, 1.807) is 12.1 Å². The Bertz CT molecular complexity index is 2110. The standard InChI is InChI=1S/C39H33NO6S/c41-39(42)35-24-32(45-26-28-11-5-2-6-12-28)25-40(35)47(43,44)33-21-19-30(20-22-33)29-15-17-31(18-16-29)38-34-13-7-8-14-36(34)46-37(38)23-27-9-3-1-4-10-27/h1-22,32,35H,23-26H2,(H,41,42). The molecule has 6 aromatic rings. The lowest BCUT2D eigenvalue weighted by Crippen LogP contribution is -2.40. The highest BCUT2D eigenvalue weighted by atomic mass is 32.2. The number of para-hydroxylation sites is 1. The molecule has 1 fully saturated rings. The van der Waals surface area contributed by atoms with E-state index in [0.29, 0.717) is 6.42 Å². The maximum absolute atomic E-state index is 13.7. The largest absolute Gasteiger partial charge is 0.480 e. The van der Waals surface area contributed by atoms with Crippen molar-refractivity contribution in [2.75, 3.05) is 6.54 Å². The van der Waals surface area contributed by atoms with Crippen molar-refractivity contribution in [3.05, 3.63) is 150 Å². The summed E-state index contributed by atoms with van der Waals surface area (Å²) in [6.07, 6.45) is 0.233. The van der Waals surface area contributed by atoms with Gasteiger partial charge in [0.1, 0.15) is 17.4 Å². The van der Waals surface area contributed by atoms with Gasteiger partial charge in [-0.3, -0.25) is 4.79 Å². The number of benzene rings is 5. The maximum Gasteiger partial charge on any atom is 0.322 e. The number of carboxylic acid groups (broad SMARTS) is 1. The van der Waals surface area contributed by atoms with Crippen LogP contribution in [0.4, 0.5) is 0 Å². The molecule has 1 aliphatic rings. The van der Waals surface area contributed by atoms with Crippen LogP contribution >= 0.6 is 0 Å². The summed E-state index contributed by atoms with van der Waals surface area (Å²) in [6.45, 7) is 0.259. The molecule has 0 amide bonds. The van der Waals surface area contributed by atoms with E-state index in [9.17, 15) is 18.3 Å². The molecule has 7 nitrogen and oxygen atoms in total. The molecule has 1 aromatic heterocycles. The zero-order chi connectivity index (χ0) is 32.4. The summed E-state index contributed by atoms with van der Waals surface area (Å²) in [4.78, 5) is 12.1. The highest BCUT2D eigenvalue weighted by Crippen LogP contribution is 2.37. The molecule has 0 saturated carbocycles. The summed E-state index contributed by atoms with van der Waals surface area (Å²) in [5, 5.41) is 10.9. The van der Waals surface area contributed by atoms with Crippen LogP contribution in [-0.2, 0) is 32.6 Å². The summed E-state index contributed by atoms with van der Waals surface area (Å²) in [5.41, 5.74) is 6.80. The first-order valence-corrected chi connectivity index (χ1v) is 17.0. The van der Waals surface area contributed by atoms with Crippen LogP contribution in [0.3, 0.4) is 0 Å². The summed E-state index contributed by atoms with van der Waals surface area (Å²) >= 11 is 0. The SMILES string of the molecule is O=C(O)C1CC(OCc2ccccc2)CN1S(=O)(=O)c1ccc(-c2ccc(-c3c(Cc4ccccc4)oc4ccccc34)cc2)cc1. The Morgan fingerprint density at radius 3 is 1.98 bits per heavy atom. The molecule has 0 radical (unpaired) electrons. The second-order valence-electron chi connectivity index (χ2n) is 11.7. The molecule has 2 unspecified atom stereocenters. The van der Waals surface area contributed by atoms with E-state index in [1.165, 1.54) is 17.7 Å². The first-order valence-electron chi connectivity index (χ1n) is 15.5. The number of carboxylic acids is 1. The third-order valence-electron chi connectivity index (χ3n) is 8.67. The average molecular weight is 644 g/mol. The lowest BCUT2D eigenvalue weighted by molar-refractivity contribution is -0.140. The van der Waals surface area contributed by atoms with Crippen LogP contribution < -0.4 is 0 Å². The van der Waals surface area contributed by atoms with E-state index in [0.717, 1.165) is 48.9 Å². The Labute approximate surface area is 273 Å². The number of sulfonamides is 1. The fourth-order valence-electron chi connectivity index (χ4n) is 6.27. The second-order valence-corrected chi connectivity index (χ2v) is 13.6. The topological polar surface area (TPSA) is 97.0 Å². The molecule has 5 aromatic carbocycles. The van der Waals surface area contributed by atoms with Gasteiger partial charge in [0.25, 0.3) is 0 Å². The highest BCUT2D eigenvalue weighted by Gasteiger charge is 2.44. The van der Waals surface area contributed by atoms with Crippen LogP contribution in [0.1, 0.15) is 23.3 Å². The number of aliphatic carboxylic acids is 1. The number of carbonyl (C=O) groups is 1. The predicted octanol–water partition coefficient (Wildman–Crippen LogP) is 7.79. The lowest BCUT2D eigenvalue weighted by atomic mass is 9.96. The number of fused-ring (bicyclic) bond motifs is 1. The van der Waals surface area contributed by atoms with Gasteiger partial charge in [0.15, 0.2) is 0 Å². The van der Waals surface area contributed by atoms with Gasteiger partial charge in [0, 0.05) is 30.3 Å². The number of hydrogen-bond donors (Lipinski definition) is 1. The Balaban J connectivity index is 1.10. The Kier molecular flexibility index (Phi) is 8.47. The number of rotatable bonds is 10. The Hall–Kier alpha value is -5.02. The molecule has 0 spiro atoms. The minimum atomic E-state index is -4.07. The van der Waals surface area contributed by atoms with Crippen molar-refractivity contribution in [2.24, 2.45) is 0 Å².